The number of nitrogens with zero attached hydrogens (tertiary/aromatic N) is 2. The van der Waals surface area contributed by atoms with Gasteiger partial charge in [-0.3, -0.25) is 9.59 Å². The summed E-state index contributed by atoms with van der Waals surface area (Å²) in [5.41, 5.74) is 2.96. The van der Waals surface area contributed by atoms with Crippen LogP contribution in [-0.2, 0) is 9.59 Å². The van der Waals surface area contributed by atoms with E-state index >= 15 is 0 Å². The molecule has 6 nitrogen and oxygen atoms in total. The van der Waals surface area contributed by atoms with Crippen LogP contribution >= 0.6 is 0 Å². The van der Waals surface area contributed by atoms with E-state index in [1.54, 1.807) is 24.3 Å². The first-order valence-electron chi connectivity index (χ1n) is 11.5. The summed E-state index contributed by atoms with van der Waals surface area (Å²) in [4.78, 5) is 25.3. The van der Waals surface area contributed by atoms with E-state index in [4.69, 9.17) is 0 Å². The standard InChI is InChI=1S/C30H26N4O2/c1-21(25-12-5-3-6-13-25)33-29(35)27(19-31)17-23-10-9-11-24(16-23)18-28(20-32)30(36)34-22(2)26-14-7-4-8-15-26/h3-18,21-22H,1-2H3,(H,33,35)(H,34,36)/b27-17+,28-18+. The molecule has 3 aromatic rings. The number of amides is 2. The average molecular weight is 475 g/mol. The van der Waals surface area contributed by atoms with Crippen molar-refractivity contribution in [3.05, 3.63) is 118 Å². The molecule has 2 N–H and O–H groups in total. The summed E-state index contributed by atoms with van der Waals surface area (Å²) >= 11 is 0. The van der Waals surface area contributed by atoms with Gasteiger partial charge in [-0.05, 0) is 54.3 Å². The lowest BCUT2D eigenvalue weighted by molar-refractivity contribution is -0.118. The molecule has 2 unspecified atom stereocenters. The van der Waals surface area contributed by atoms with Crippen molar-refractivity contribution >= 4 is 24.0 Å². The van der Waals surface area contributed by atoms with E-state index in [0.717, 1.165) is 11.1 Å². The van der Waals surface area contributed by atoms with Crippen LogP contribution in [0.2, 0.25) is 0 Å². The van der Waals surface area contributed by atoms with Gasteiger partial charge in [-0.2, -0.15) is 10.5 Å². The molecule has 3 rings (SSSR count). The van der Waals surface area contributed by atoms with Gasteiger partial charge in [0.1, 0.15) is 23.3 Å². The van der Waals surface area contributed by atoms with Crippen LogP contribution in [0.1, 0.15) is 48.2 Å². The quantitative estimate of drug-likeness (QED) is 0.343. The van der Waals surface area contributed by atoms with Crippen LogP contribution < -0.4 is 10.6 Å². The van der Waals surface area contributed by atoms with Crippen LogP contribution in [0.3, 0.4) is 0 Å². The molecule has 2 atom stereocenters. The Hall–Kier alpha value is -4.94. The predicted molar refractivity (Wildman–Crippen MR) is 140 cm³/mol. The summed E-state index contributed by atoms with van der Waals surface area (Å²) in [6.45, 7) is 3.70. The molecule has 0 spiro atoms. The fraction of sp³-hybridized carbons (Fsp3) is 0.133. The Balaban J connectivity index is 1.75. The topological polar surface area (TPSA) is 106 Å². The van der Waals surface area contributed by atoms with Crippen molar-refractivity contribution in [1.82, 2.24) is 10.6 Å². The highest BCUT2D eigenvalue weighted by atomic mass is 16.2. The molecular formula is C30H26N4O2. The van der Waals surface area contributed by atoms with E-state index in [-0.39, 0.29) is 23.2 Å². The molecule has 0 saturated heterocycles. The van der Waals surface area contributed by atoms with E-state index < -0.39 is 11.8 Å². The number of carbonyl (C=O) groups is 2. The Morgan fingerprint density at radius 2 is 1.06 bits per heavy atom. The lowest BCUT2D eigenvalue weighted by Crippen LogP contribution is -2.27. The number of benzene rings is 3. The minimum atomic E-state index is -0.484. The summed E-state index contributed by atoms with van der Waals surface area (Å²) in [5, 5.41) is 24.8. The largest absolute Gasteiger partial charge is 0.345 e. The minimum Gasteiger partial charge on any atom is -0.345 e. The van der Waals surface area contributed by atoms with Gasteiger partial charge in [-0.15, -0.1) is 0 Å². The molecule has 0 aliphatic rings. The van der Waals surface area contributed by atoms with Crippen LogP contribution in [-0.4, -0.2) is 11.8 Å². The number of nitriles is 2. The number of nitrogens with one attached hydrogen (secondary N) is 2. The second kappa shape index (κ2) is 12.5. The molecule has 6 heteroatoms. The van der Waals surface area contributed by atoms with Crippen LogP contribution in [0.5, 0.6) is 0 Å². The van der Waals surface area contributed by atoms with Crippen molar-refractivity contribution in [1.29, 1.82) is 10.5 Å². The van der Waals surface area contributed by atoms with E-state index in [1.165, 1.54) is 12.2 Å². The molecular weight excluding hydrogens is 448 g/mol. The second-order valence-corrected chi connectivity index (χ2v) is 8.22. The third kappa shape index (κ3) is 7.03. The highest BCUT2D eigenvalue weighted by Gasteiger charge is 2.15. The summed E-state index contributed by atoms with van der Waals surface area (Å²) in [6, 6.07) is 29.2. The number of carbonyl (C=O) groups excluding carboxylic acids is 2. The summed E-state index contributed by atoms with van der Waals surface area (Å²) < 4.78 is 0. The molecule has 0 aliphatic carbocycles. The number of rotatable bonds is 8. The summed E-state index contributed by atoms with van der Waals surface area (Å²) in [5.74, 6) is -0.969. The van der Waals surface area contributed by atoms with Gasteiger partial charge in [-0.25, -0.2) is 0 Å². The first kappa shape index (κ1) is 25.7. The average Bonchev–Trinajstić information content (AvgIpc) is 2.91. The maximum Gasteiger partial charge on any atom is 0.262 e. The molecule has 0 heterocycles. The Labute approximate surface area is 211 Å². The zero-order chi connectivity index (χ0) is 25.9. The van der Waals surface area contributed by atoms with Crippen molar-refractivity contribution in [2.45, 2.75) is 25.9 Å². The number of hydrogen-bond donors (Lipinski definition) is 2. The van der Waals surface area contributed by atoms with Crippen molar-refractivity contribution in [3.63, 3.8) is 0 Å². The Kier molecular flexibility index (Phi) is 8.92. The third-order valence-electron chi connectivity index (χ3n) is 5.56. The van der Waals surface area contributed by atoms with Gasteiger partial charge in [0.05, 0.1) is 12.1 Å². The normalized spacial score (nSPS) is 13.0. The molecule has 2 amide bonds. The highest BCUT2D eigenvalue weighted by Crippen LogP contribution is 2.17. The third-order valence-corrected chi connectivity index (χ3v) is 5.56. The molecule has 36 heavy (non-hydrogen) atoms. The van der Waals surface area contributed by atoms with Crippen molar-refractivity contribution in [2.75, 3.05) is 0 Å². The van der Waals surface area contributed by atoms with Gasteiger partial charge in [0.25, 0.3) is 11.8 Å². The van der Waals surface area contributed by atoms with Gasteiger partial charge in [-0.1, -0.05) is 78.9 Å². The van der Waals surface area contributed by atoms with Gasteiger partial charge < -0.3 is 10.6 Å². The maximum absolute atomic E-state index is 12.7. The maximum atomic E-state index is 12.7. The molecule has 0 fully saturated rings. The first-order chi connectivity index (χ1) is 17.4. The summed E-state index contributed by atoms with van der Waals surface area (Å²) in [7, 11) is 0. The Bertz CT molecular complexity index is 1260. The van der Waals surface area contributed by atoms with Crippen LogP contribution in [0.4, 0.5) is 0 Å². The lowest BCUT2D eigenvalue weighted by atomic mass is 10.0. The Morgan fingerprint density at radius 3 is 1.42 bits per heavy atom. The molecule has 0 aliphatic heterocycles. The monoisotopic (exact) mass is 474 g/mol. The van der Waals surface area contributed by atoms with Gasteiger partial charge >= 0.3 is 0 Å². The fourth-order valence-corrected chi connectivity index (χ4v) is 3.57. The fourth-order valence-electron chi connectivity index (χ4n) is 3.57. The molecule has 0 saturated carbocycles. The van der Waals surface area contributed by atoms with Crippen LogP contribution in [0.15, 0.2) is 96.1 Å². The predicted octanol–water partition coefficient (Wildman–Crippen LogP) is 5.26. The van der Waals surface area contributed by atoms with Crippen molar-refractivity contribution < 1.29 is 9.59 Å². The zero-order valence-electron chi connectivity index (χ0n) is 20.1. The van der Waals surface area contributed by atoms with Crippen molar-refractivity contribution in [2.24, 2.45) is 0 Å². The smallest absolute Gasteiger partial charge is 0.262 e. The summed E-state index contributed by atoms with van der Waals surface area (Å²) in [6.07, 6.45) is 2.96. The van der Waals surface area contributed by atoms with E-state index in [2.05, 4.69) is 10.6 Å². The minimum absolute atomic E-state index is 0.0474. The van der Waals surface area contributed by atoms with Gasteiger partial charge in [0.15, 0.2) is 0 Å². The van der Waals surface area contributed by atoms with Gasteiger partial charge in [0.2, 0.25) is 0 Å². The SMILES string of the molecule is CC(NC(=O)/C(C#N)=C/c1cccc(/C=C(\C#N)C(=O)NC(C)c2ccccc2)c1)c1ccccc1. The molecule has 3 aromatic carbocycles. The molecule has 0 aromatic heterocycles. The molecule has 178 valence electrons. The van der Waals surface area contributed by atoms with E-state index in [0.29, 0.717) is 11.1 Å². The zero-order valence-corrected chi connectivity index (χ0v) is 20.1. The van der Waals surface area contributed by atoms with Crippen LogP contribution in [0, 0.1) is 22.7 Å². The highest BCUT2D eigenvalue weighted by molar-refractivity contribution is 6.03. The lowest BCUT2D eigenvalue weighted by Gasteiger charge is -2.14. The van der Waals surface area contributed by atoms with Gasteiger partial charge in [0, 0.05) is 0 Å². The van der Waals surface area contributed by atoms with Crippen molar-refractivity contribution in [3.8, 4) is 12.1 Å². The van der Waals surface area contributed by atoms with E-state index in [9.17, 15) is 20.1 Å². The molecule has 0 bridgehead atoms. The second-order valence-electron chi connectivity index (χ2n) is 8.22. The van der Waals surface area contributed by atoms with E-state index in [1.807, 2.05) is 86.6 Å². The van der Waals surface area contributed by atoms with Crippen LogP contribution in [0.25, 0.3) is 12.2 Å². The number of hydrogen-bond acceptors (Lipinski definition) is 4. The first-order valence-corrected chi connectivity index (χ1v) is 11.5. The molecule has 0 radical (unpaired) electrons. The Morgan fingerprint density at radius 1 is 0.667 bits per heavy atom.